The van der Waals surface area contributed by atoms with Crippen LogP contribution in [0.4, 0.5) is 11.5 Å². The zero-order chi connectivity index (χ0) is 15.1. The standard InChI is InChI=1S/C13H24N4O3/c1-3-4-8-17-11(14)10(15-7-5-6-9-18)12(19)16(2)13(17)20/h15,18H,3-9,14H2,1-2H3. The summed E-state index contributed by atoms with van der Waals surface area (Å²) in [5, 5.41) is 11.7. The number of hydrogen-bond acceptors (Lipinski definition) is 5. The molecule has 1 heterocycles. The molecule has 114 valence electrons. The Balaban J connectivity index is 3.07. The van der Waals surface area contributed by atoms with E-state index in [0.29, 0.717) is 19.5 Å². The first-order chi connectivity index (χ1) is 9.54. The van der Waals surface area contributed by atoms with Crippen molar-refractivity contribution >= 4 is 11.5 Å². The van der Waals surface area contributed by atoms with Gasteiger partial charge in [-0.15, -0.1) is 0 Å². The van der Waals surface area contributed by atoms with Crippen LogP contribution in [0, 0.1) is 0 Å². The topological polar surface area (TPSA) is 102 Å². The number of nitrogens with one attached hydrogen (secondary N) is 1. The Kier molecular flexibility index (Phi) is 6.30. The Morgan fingerprint density at radius 3 is 2.55 bits per heavy atom. The van der Waals surface area contributed by atoms with E-state index in [4.69, 9.17) is 10.8 Å². The lowest BCUT2D eigenvalue weighted by molar-refractivity contribution is 0.286. The van der Waals surface area contributed by atoms with Crippen molar-refractivity contribution in [2.24, 2.45) is 7.05 Å². The summed E-state index contributed by atoms with van der Waals surface area (Å²) in [6, 6.07) is 0. The second-order valence-electron chi connectivity index (χ2n) is 4.77. The van der Waals surface area contributed by atoms with Crippen LogP contribution in [-0.4, -0.2) is 27.4 Å². The summed E-state index contributed by atoms with van der Waals surface area (Å²) in [4.78, 5) is 24.1. The van der Waals surface area contributed by atoms with Crippen LogP contribution in [0.15, 0.2) is 9.59 Å². The van der Waals surface area contributed by atoms with Gasteiger partial charge in [0, 0.05) is 26.7 Å². The van der Waals surface area contributed by atoms with Gasteiger partial charge in [0.05, 0.1) is 0 Å². The molecule has 0 atom stereocenters. The van der Waals surface area contributed by atoms with Crippen LogP contribution < -0.4 is 22.3 Å². The summed E-state index contributed by atoms with van der Waals surface area (Å²) < 4.78 is 2.50. The van der Waals surface area contributed by atoms with Gasteiger partial charge in [0.2, 0.25) is 0 Å². The molecule has 20 heavy (non-hydrogen) atoms. The molecule has 0 spiro atoms. The van der Waals surface area contributed by atoms with E-state index in [2.05, 4.69) is 5.32 Å². The van der Waals surface area contributed by atoms with Crippen LogP contribution in [-0.2, 0) is 13.6 Å². The van der Waals surface area contributed by atoms with Crippen LogP contribution in [0.5, 0.6) is 0 Å². The number of unbranched alkanes of at least 4 members (excludes halogenated alkanes) is 2. The Morgan fingerprint density at radius 1 is 1.25 bits per heavy atom. The first kappa shape index (κ1) is 16.3. The van der Waals surface area contributed by atoms with Gasteiger partial charge >= 0.3 is 5.69 Å². The maximum atomic E-state index is 12.1. The minimum Gasteiger partial charge on any atom is -0.396 e. The van der Waals surface area contributed by atoms with Crippen molar-refractivity contribution in [3.8, 4) is 0 Å². The average molecular weight is 284 g/mol. The number of hydrogen-bond donors (Lipinski definition) is 3. The molecule has 0 saturated carbocycles. The Bertz CT molecular complexity index is 548. The molecule has 1 aromatic rings. The van der Waals surface area contributed by atoms with Crippen molar-refractivity contribution in [1.82, 2.24) is 9.13 Å². The normalized spacial score (nSPS) is 10.8. The van der Waals surface area contributed by atoms with Crippen molar-refractivity contribution in [3.05, 3.63) is 20.8 Å². The summed E-state index contributed by atoms with van der Waals surface area (Å²) in [6.07, 6.45) is 3.15. The van der Waals surface area contributed by atoms with Gasteiger partial charge in [0.25, 0.3) is 5.56 Å². The highest BCUT2D eigenvalue weighted by molar-refractivity contribution is 5.60. The second-order valence-corrected chi connectivity index (χ2v) is 4.77. The lowest BCUT2D eigenvalue weighted by Crippen LogP contribution is -2.40. The van der Waals surface area contributed by atoms with E-state index < -0.39 is 5.56 Å². The van der Waals surface area contributed by atoms with Crippen LogP contribution in [0.2, 0.25) is 0 Å². The van der Waals surface area contributed by atoms with Gasteiger partial charge < -0.3 is 16.2 Å². The van der Waals surface area contributed by atoms with Gasteiger partial charge in [0.1, 0.15) is 11.5 Å². The van der Waals surface area contributed by atoms with E-state index in [1.54, 1.807) is 0 Å². The summed E-state index contributed by atoms with van der Waals surface area (Å²) in [6.45, 7) is 3.18. The van der Waals surface area contributed by atoms with Crippen molar-refractivity contribution in [1.29, 1.82) is 0 Å². The van der Waals surface area contributed by atoms with Gasteiger partial charge in [-0.05, 0) is 19.3 Å². The Hall–Kier alpha value is -1.76. The van der Waals surface area contributed by atoms with Crippen molar-refractivity contribution < 1.29 is 5.11 Å². The molecule has 0 fully saturated rings. The maximum absolute atomic E-state index is 12.1. The predicted octanol–water partition coefficient (Wildman–Crippen LogP) is 0.114. The summed E-state index contributed by atoms with van der Waals surface area (Å²) in [5.74, 6) is 0.190. The molecule has 0 unspecified atom stereocenters. The van der Waals surface area contributed by atoms with Gasteiger partial charge in [-0.2, -0.15) is 0 Å². The van der Waals surface area contributed by atoms with E-state index in [1.165, 1.54) is 11.6 Å². The highest BCUT2D eigenvalue weighted by Gasteiger charge is 2.14. The minimum absolute atomic E-state index is 0.116. The molecule has 0 aliphatic rings. The average Bonchev–Trinajstić information content (AvgIpc) is 2.44. The molecule has 0 aromatic carbocycles. The predicted molar refractivity (Wildman–Crippen MR) is 80.1 cm³/mol. The number of nitrogen functional groups attached to an aromatic ring is 1. The summed E-state index contributed by atoms with van der Waals surface area (Å²) in [5.41, 5.74) is 5.41. The van der Waals surface area contributed by atoms with E-state index >= 15 is 0 Å². The molecular formula is C13H24N4O3. The van der Waals surface area contributed by atoms with E-state index in [1.807, 2.05) is 6.92 Å². The fourth-order valence-electron chi connectivity index (χ4n) is 1.93. The Labute approximate surface area is 118 Å². The number of aromatic nitrogens is 2. The largest absolute Gasteiger partial charge is 0.396 e. The number of rotatable bonds is 8. The number of aliphatic hydroxyl groups excluding tert-OH is 1. The number of nitrogens with zero attached hydrogens (tertiary/aromatic N) is 2. The quantitative estimate of drug-likeness (QED) is 0.588. The maximum Gasteiger partial charge on any atom is 0.332 e. The first-order valence-electron chi connectivity index (χ1n) is 6.98. The molecule has 0 bridgehead atoms. The van der Waals surface area contributed by atoms with E-state index in [0.717, 1.165) is 23.8 Å². The molecule has 4 N–H and O–H groups in total. The van der Waals surface area contributed by atoms with E-state index in [-0.39, 0.29) is 23.8 Å². The van der Waals surface area contributed by atoms with Crippen molar-refractivity contribution in [3.63, 3.8) is 0 Å². The molecule has 7 nitrogen and oxygen atoms in total. The molecular weight excluding hydrogens is 260 g/mol. The van der Waals surface area contributed by atoms with E-state index in [9.17, 15) is 9.59 Å². The lowest BCUT2D eigenvalue weighted by Gasteiger charge is -2.15. The number of anilines is 2. The minimum atomic E-state index is -0.413. The molecule has 7 heteroatoms. The fraction of sp³-hybridized carbons (Fsp3) is 0.692. The van der Waals surface area contributed by atoms with Gasteiger partial charge in [-0.1, -0.05) is 13.3 Å². The third-order valence-corrected chi connectivity index (χ3v) is 3.21. The fourth-order valence-corrected chi connectivity index (χ4v) is 1.93. The van der Waals surface area contributed by atoms with Crippen LogP contribution in [0.3, 0.4) is 0 Å². The molecule has 1 rings (SSSR count). The van der Waals surface area contributed by atoms with Gasteiger partial charge in [0.15, 0.2) is 0 Å². The van der Waals surface area contributed by atoms with Gasteiger partial charge in [-0.25, -0.2) is 4.79 Å². The smallest absolute Gasteiger partial charge is 0.332 e. The van der Waals surface area contributed by atoms with Crippen LogP contribution in [0.1, 0.15) is 32.6 Å². The molecule has 0 saturated heterocycles. The third-order valence-electron chi connectivity index (χ3n) is 3.21. The Morgan fingerprint density at radius 2 is 1.95 bits per heavy atom. The number of nitrogens with two attached hydrogens (primary N) is 1. The lowest BCUT2D eigenvalue weighted by atomic mass is 10.3. The SMILES string of the molecule is CCCCn1c(N)c(NCCCCO)c(=O)n(C)c1=O. The number of aliphatic hydroxyl groups is 1. The molecule has 0 radical (unpaired) electrons. The van der Waals surface area contributed by atoms with Crippen LogP contribution in [0.25, 0.3) is 0 Å². The van der Waals surface area contributed by atoms with Crippen molar-refractivity contribution in [2.75, 3.05) is 24.2 Å². The molecule has 0 aliphatic heterocycles. The highest BCUT2D eigenvalue weighted by atomic mass is 16.3. The second kappa shape index (κ2) is 7.74. The molecule has 1 aromatic heterocycles. The third kappa shape index (κ3) is 3.63. The highest BCUT2D eigenvalue weighted by Crippen LogP contribution is 2.11. The zero-order valence-electron chi connectivity index (χ0n) is 12.2. The molecule has 0 aliphatic carbocycles. The summed E-state index contributed by atoms with van der Waals surface area (Å²) >= 11 is 0. The zero-order valence-corrected chi connectivity index (χ0v) is 12.2. The van der Waals surface area contributed by atoms with Crippen LogP contribution >= 0.6 is 0 Å². The summed E-state index contributed by atoms with van der Waals surface area (Å²) in [7, 11) is 1.45. The van der Waals surface area contributed by atoms with Crippen molar-refractivity contribution in [2.45, 2.75) is 39.2 Å². The molecule has 0 amide bonds. The first-order valence-corrected chi connectivity index (χ1v) is 6.98. The monoisotopic (exact) mass is 284 g/mol. The van der Waals surface area contributed by atoms with Gasteiger partial charge in [-0.3, -0.25) is 13.9 Å².